The fourth-order valence-corrected chi connectivity index (χ4v) is 2.81. The molecule has 0 N–H and O–H groups in total. The van der Waals surface area contributed by atoms with Gasteiger partial charge in [0.2, 0.25) is 0 Å². The van der Waals surface area contributed by atoms with E-state index in [0.29, 0.717) is 11.9 Å². The third kappa shape index (κ3) is 3.40. The molecule has 0 bridgehead atoms. The smallest absolute Gasteiger partial charge is 0.131 e. The van der Waals surface area contributed by atoms with Crippen LogP contribution >= 0.6 is 11.6 Å². The van der Waals surface area contributed by atoms with E-state index in [1.54, 1.807) is 0 Å². The largest absolute Gasteiger partial charge is 0.354 e. The monoisotopic (exact) mass is 281 g/mol. The summed E-state index contributed by atoms with van der Waals surface area (Å²) in [5.41, 5.74) is 2.33. The van der Waals surface area contributed by atoms with Crippen molar-refractivity contribution in [2.24, 2.45) is 0 Å². The molecule has 0 spiro atoms. The van der Waals surface area contributed by atoms with Crippen molar-refractivity contribution in [2.45, 2.75) is 39.1 Å². The summed E-state index contributed by atoms with van der Waals surface area (Å²) in [6, 6.07) is 2.84. The van der Waals surface area contributed by atoms with Crippen molar-refractivity contribution in [1.29, 1.82) is 0 Å². The highest BCUT2D eigenvalue weighted by atomic mass is 35.5. The molecule has 1 atom stereocenters. The van der Waals surface area contributed by atoms with E-state index in [2.05, 4.69) is 41.6 Å². The van der Waals surface area contributed by atoms with Crippen LogP contribution in [0.5, 0.6) is 0 Å². The SMILES string of the molecule is CCC(C)N1CCN(c2ncc(CCl)cc2C)CC1. The van der Waals surface area contributed by atoms with Gasteiger partial charge in [0, 0.05) is 44.3 Å². The van der Waals surface area contributed by atoms with Crippen LogP contribution in [0.25, 0.3) is 0 Å². The van der Waals surface area contributed by atoms with Gasteiger partial charge in [-0.3, -0.25) is 4.90 Å². The molecule has 0 amide bonds. The van der Waals surface area contributed by atoms with Crippen LogP contribution in [0, 0.1) is 6.92 Å². The first kappa shape index (κ1) is 14.6. The Morgan fingerprint density at radius 3 is 2.53 bits per heavy atom. The summed E-state index contributed by atoms with van der Waals surface area (Å²) < 4.78 is 0. The molecule has 106 valence electrons. The Labute approximate surface area is 121 Å². The van der Waals surface area contributed by atoms with E-state index in [9.17, 15) is 0 Å². The van der Waals surface area contributed by atoms with Gasteiger partial charge in [-0.05, 0) is 37.5 Å². The molecule has 4 heteroatoms. The quantitative estimate of drug-likeness (QED) is 0.791. The molecule has 1 fully saturated rings. The molecule has 19 heavy (non-hydrogen) atoms. The van der Waals surface area contributed by atoms with Crippen molar-refractivity contribution >= 4 is 17.4 Å². The predicted octanol–water partition coefficient (Wildman–Crippen LogP) is 3.05. The minimum atomic E-state index is 0.538. The average Bonchev–Trinajstić information content (AvgIpc) is 2.46. The van der Waals surface area contributed by atoms with Crippen molar-refractivity contribution in [2.75, 3.05) is 31.1 Å². The molecule has 0 radical (unpaired) electrons. The number of hydrogen-bond donors (Lipinski definition) is 0. The lowest BCUT2D eigenvalue weighted by Crippen LogP contribution is -2.49. The number of aromatic nitrogens is 1. The van der Waals surface area contributed by atoms with Gasteiger partial charge >= 0.3 is 0 Å². The maximum Gasteiger partial charge on any atom is 0.131 e. The van der Waals surface area contributed by atoms with Crippen LogP contribution in [0.3, 0.4) is 0 Å². The summed E-state index contributed by atoms with van der Waals surface area (Å²) in [6.07, 6.45) is 3.12. The highest BCUT2D eigenvalue weighted by molar-refractivity contribution is 6.17. The Balaban J connectivity index is 2.01. The summed E-state index contributed by atoms with van der Waals surface area (Å²) in [4.78, 5) is 9.55. The number of piperazine rings is 1. The van der Waals surface area contributed by atoms with Crippen LogP contribution in [0.2, 0.25) is 0 Å². The molecule has 0 saturated carbocycles. The van der Waals surface area contributed by atoms with Crippen molar-refractivity contribution in [1.82, 2.24) is 9.88 Å². The molecule has 1 saturated heterocycles. The van der Waals surface area contributed by atoms with Gasteiger partial charge in [0.1, 0.15) is 5.82 Å². The van der Waals surface area contributed by atoms with E-state index < -0.39 is 0 Å². The Morgan fingerprint density at radius 2 is 2.00 bits per heavy atom. The number of anilines is 1. The zero-order valence-corrected chi connectivity index (χ0v) is 13.0. The second kappa shape index (κ2) is 6.58. The van der Waals surface area contributed by atoms with Gasteiger partial charge in [-0.25, -0.2) is 4.98 Å². The topological polar surface area (TPSA) is 19.4 Å². The standard InChI is InChI=1S/C15H24ClN3/c1-4-13(3)18-5-7-19(8-6-18)15-12(2)9-14(10-16)11-17-15/h9,11,13H,4-8,10H2,1-3H3. The van der Waals surface area contributed by atoms with Crippen LogP contribution < -0.4 is 4.90 Å². The zero-order valence-electron chi connectivity index (χ0n) is 12.2. The van der Waals surface area contributed by atoms with Crippen molar-refractivity contribution in [3.63, 3.8) is 0 Å². The van der Waals surface area contributed by atoms with Crippen molar-refractivity contribution in [3.05, 3.63) is 23.4 Å². The molecule has 1 aromatic rings. The third-order valence-corrected chi connectivity index (χ3v) is 4.40. The van der Waals surface area contributed by atoms with Crippen LogP contribution in [-0.4, -0.2) is 42.1 Å². The first-order valence-corrected chi connectivity index (χ1v) is 7.69. The third-order valence-electron chi connectivity index (χ3n) is 4.09. The van der Waals surface area contributed by atoms with E-state index in [1.165, 1.54) is 12.0 Å². The number of alkyl halides is 1. The summed E-state index contributed by atoms with van der Waals surface area (Å²) >= 11 is 5.85. The van der Waals surface area contributed by atoms with E-state index in [1.807, 2.05) is 6.20 Å². The molecule has 1 unspecified atom stereocenters. The molecule has 2 heterocycles. The maximum absolute atomic E-state index is 5.85. The predicted molar refractivity (Wildman–Crippen MR) is 82.1 cm³/mol. The van der Waals surface area contributed by atoms with Crippen molar-refractivity contribution in [3.8, 4) is 0 Å². The molecule has 1 aliphatic heterocycles. The molecular weight excluding hydrogens is 258 g/mol. The fraction of sp³-hybridized carbons (Fsp3) is 0.667. The second-order valence-corrected chi connectivity index (χ2v) is 5.67. The van der Waals surface area contributed by atoms with Gasteiger partial charge in [-0.2, -0.15) is 0 Å². The number of rotatable bonds is 4. The van der Waals surface area contributed by atoms with E-state index in [0.717, 1.165) is 37.6 Å². The normalized spacial score (nSPS) is 18.6. The summed E-state index contributed by atoms with van der Waals surface area (Å²) in [5.74, 6) is 1.66. The Morgan fingerprint density at radius 1 is 1.32 bits per heavy atom. The summed E-state index contributed by atoms with van der Waals surface area (Å²) in [7, 11) is 0. The number of nitrogens with zero attached hydrogens (tertiary/aromatic N) is 3. The molecule has 0 aromatic carbocycles. The van der Waals surface area contributed by atoms with Crippen molar-refractivity contribution < 1.29 is 0 Å². The highest BCUT2D eigenvalue weighted by Crippen LogP contribution is 2.21. The fourth-order valence-electron chi connectivity index (χ4n) is 2.66. The number of halogens is 1. The first-order valence-electron chi connectivity index (χ1n) is 7.16. The van der Waals surface area contributed by atoms with Gasteiger partial charge in [-0.15, -0.1) is 11.6 Å². The maximum atomic E-state index is 5.85. The Hall–Kier alpha value is -0.800. The van der Waals surface area contributed by atoms with Gasteiger partial charge in [0.05, 0.1) is 0 Å². The molecule has 1 aromatic heterocycles. The van der Waals surface area contributed by atoms with Crippen LogP contribution in [-0.2, 0) is 5.88 Å². The number of pyridine rings is 1. The molecule has 1 aliphatic rings. The zero-order chi connectivity index (χ0) is 13.8. The lowest BCUT2D eigenvalue weighted by Gasteiger charge is -2.38. The van der Waals surface area contributed by atoms with Gasteiger partial charge in [0.25, 0.3) is 0 Å². The van der Waals surface area contributed by atoms with E-state index >= 15 is 0 Å². The Kier molecular flexibility index (Phi) is 5.06. The highest BCUT2D eigenvalue weighted by Gasteiger charge is 2.21. The van der Waals surface area contributed by atoms with Crippen LogP contribution in [0.4, 0.5) is 5.82 Å². The molecule has 0 aliphatic carbocycles. The molecule has 2 rings (SSSR count). The van der Waals surface area contributed by atoms with Crippen LogP contribution in [0.15, 0.2) is 12.3 Å². The van der Waals surface area contributed by atoms with Gasteiger partial charge in [0.15, 0.2) is 0 Å². The van der Waals surface area contributed by atoms with E-state index in [-0.39, 0.29) is 0 Å². The lowest BCUT2D eigenvalue weighted by atomic mass is 10.1. The molecule has 3 nitrogen and oxygen atoms in total. The van der Waals surface area contributed by atoms with Gasteiger partial charge < -0.3 is 4.90 Å². The average molecular weight is 282 g/mol. The Bertz CT molecular complexity index is 414. The minimum Gasteiger partial charge on any atom is -0.354 e. The first-order chi connectivity index (χ1) is 9.15. The van der Waals surface area contributed by atoms with E-state index in [4.69, 9.17) is 11.6 Å². The van der Waals surface area contributed by atoms with Crippen LogP contribution in [0.1, 0.15) is 31.4 Å². The summed E-state index contributed by atoms with van der Waals surface area (Å²) in [6.45, 7) is 11.1. The lowest BCUT2D eigenvalue weighted by molar-refractivity contribution is 0.192. The minimum absolute atomic E-state index is 0.538. The second-order valence-electron chi connectivity index (χ2n) is 5.40. The number of hydrogen-bond acceptors (Lipinski definition) is 3. The molecular formula is C15H24ClN3. The summed E-state index contributed by atoms with van der Waals surface area (Å²) in [5, 5.41) is 0. The number of aryl methyl sites for hydroxylation is 1. The van der Waals surface area contributed by atoms with Gasteiger partial charge in [-0.1, -0.05) is 6.92 Å².